The molecule has 24 heavy (non-hydrogen) atoms. The fourth-order valence-corrected chi connectivity index (χ4v) is 2.59. The minimum atomic E-state index is 0. The summed E-state index contributed by atoms with van der Waals surface area (Å²) in [5, 5.41) is 3.06. The third-order valence-electron chi connectivity index (χ3n) is 4.11. The van der Waals surface area contributed by atoms with Crippen molar-refractivity contribution in [2.75, 3.05) is 64.8 Å². The number of hydrogen-bond donors (Lipinski definition) is 1. The lowest BCUT2D eigenvalue weighted by molar-refractivity contribution is -0.130. The number of hydrogen-bond acceptors (Lipinski definition) is 5. The Morgan fingerprint density at radius 3 is 2.54 bits per heavy atom. The van der Waals surface area contributed by atoms with E-state index in [1.54, 1.807) is 4.90 Å². The molecule has 1 amide bonds. The van der Waals surface area contributed by atoms with Crippen LogP contribution >= 0.6 is 24.8 Å². The summed E-state index contributed by atoms with van der Waals surface area (Å²) in [6.45, 7) is 6.38. The fraction of sp³-hybridized carbons (Fsp3) is 0.625. The Morgan fingerprint density at radius 1 is 1.25 bits per heavy atom. The average molecular weight is 378 g/mol. The van der Waals surface area contributed by atoms with Gasteiger partial charge in [-0.25, -0.2) is 4.98 Å². The molecule has 138 valence electrons. The van der Waals surface area contributed by atoms with Crippen LogP contribution in [0.4, 0.5) is 5.82 Å². The van der Waals surface area contributed by atoms with Crippen molar-refractivity contribution in [2.45, 2.75) is 6.42 Å². The van der Waals surface area contributed by atoms with Gasteiger partial charge >= 0.3 is 0 Å². The molecular formula is C16H29Cl2N5O. The molecule has 0 aliphatic carbocycles. The highest BCUT2D eigenvalue weighted by atomic mass is 35.5. The lowest BCUT2D eigenvalue weighted by Gasteiger charge is -2.35. The van der Waals surface area contributed by atoms with E-state index in [4.69, 9.17) is 0 Å². The smallest absolute Gasteiger partial charge is 0.223 e. The maximum absolute atomic E-state index is 12.0. The number of halogens is 2. The van der Waals surface area contributed by atoms with Crippen molar-refractivity contribution >= 4 is 36.5 Å². The number of carbonyl (C=O) groups excluding carboxylic acids is 1. The van der Waals surface area contributed by atoms with Crippen molar-refractivity contribution in [3.05, 3.63) is 24.4 Å². The van der Waals surface area contributed by atoms with E-state index < -0.39 is 0 Å². The van der Waals surface area contributed by atoms with Gasteiger partial charge in [0, 0.05) is 65.5 Å². The van der Waals surface area contributed by atoms with Crippen LogP contribution in [0.5, 0.6) is 0 Å². The van der Waals surface area contributed by atoms with Crippen molar-refractivity contribution in [3.8, 4) is 0 Å². The van der Waals surface area contributed by atoms with E-state index in [1.807, 2.05) is 32.4 Å². The maximum Gasteiger partial charge on any atom is 0.223 e. The van der Waals surface area contributed by atoms with Crippen molar-refractivity contribution in [1.29, 1.82) is 0 Å². The summed E-state index contributed by atoms with van der Waals surface area (Å²) in [7, 11) is 3.78. The summed E-state index contributed by atoms with van der Waals surface area (Å²) in [5.74, 6) is 1.27. The molecule has 1 aromatic heterocycles. The van der Waals surface area contributed by atoms with E-state index in [9.17, 15) is 4.79 Å². The highest BCUT2D eigenvalue weighted by molar-refractivity contribution is 5.85. The first-order valence-electron chi connectivity index (χ1n) is 7.97. The molecule has 2 heterocycles. The Morgan fingerprint density at radius 2 is 1.96 bits per heavy atom. The van der Waals surface area contributed by atoms with Crippen LogP contribution < -0.4 is 10.2 Å². The summed E-state index contributed by atoms with van der Waals surface area (Å²) in [6, 6.07) is 6.01. The van der Waals surface area contributed by atoms with Gasteiger partial charge in [-0.05, 0) is 19.2 Å². The number of aromatic nitrogens is 1. The van der Waals surface area contributed by atoms with Crippen molar-refractivity contribution in [1.82, 2.24) is 20.1 Å². The summed E-state index contributed by atoms with van der Waals surface area (Å²) < 4.78 is 0. The van der Waals surface area contributed by atoms with Crippen LogP contribution in [0.3, 0.4) is 0 Å². The molecule has 0 saturated carbocycles. The monoisotopic (exact) mass is 377 g/mol. The molecule has 1 aliphatic heterocycles. The summed E-state index contributed by atoms with van der Waals surface area (Å²) in [6.07, 6.45) is 2.44. The number of anilines is 1. The second-order valence-corrected chi connectivity index (χ2v) is 5.69. The topological polar surface area (TPSA) is 51.7 Å². The van der Waals surface area contributed by atoms with Gasteiger partial charge in [0.25, 0.3) is 0 Å². The molecule has 0 unspecified atom stereocenters. The number of amides is 1. The van der Waals surface area contributed by atoms with Gasteiger partial charge in [0.2, 0.25) is 5.91 Å². The van der Waals surface area contributed by atoms with Gasteiger partial charge in [0.1, 0.15) is 5.82 Å². The molecule has 1 saturated heterocycles. The van der Waals surface area contributed by atoms with E-state index in [-0.39, 0.29) is 30.7 Å². The lowest BCUT2D eigenvalue weighted by Crippen LogP contribution is -2.47. The van der Waals surface area contributed by atoms with Gasteiger partial charge in [-0.1, -0.05) is 6.07 Å². The van der Waals surface area contributed by atoms with Crippen LogP contribution in [0.2, 0.25) is 0 Å². The second-order valence-electron chi connectivity index (χ2n) is 5.69. The Bertz CT molecular complexity index is 455. The first-order chi connectivity index (χ1) is 10.7. The standard InChI is InChI=1S/C16H27N5O.2ClH/c1-17-8-10-19(2)16(22)6-9-20-11-13-21(14-12-20)15-5-3-4-7-18-15;;/h3-5,7,17H,6,8-14H2,1-2H3;2*1H. The molecule has 0 atom stereocenters. The van der Waals surface area contributed by atoms with E-state index >= 15 is 0 Å². The molecule has 1 N–H and O–H groups in total. The Hall–Kier alpha value is -1.08. The molecule has 1 fully saturated rings. The number of rotatable bonds is 7. The molecule has 0 aromatic carbocycles. The molecule has 1 aliphatic rings. The van der Waals surface area contributed by atoms with E-state index in [2.05, 4.69) is 26.2 Å². The van der Waals surface area contributed by atoms with Crippen molar-refractivity contribution < 1.29 is 4.79 Å². The summed E-state index contributed by atoms with van der Waals surface area (Å²) in [5.41, 5.74) is 0. The maximum atomic E-state index is 12.0. The molecule has 0 bridgehead atoms. The first-order valence-corrected chi connectivity index (χ1v) is 7.97. The Kier molecular flexibility index (Phi) is 11.8. The predicted molar refractivity (Wildman–Crippen MR) is 104 cm³/mol. The summed E-state index contributed by atoms with van der Waals surface area (Å²) in [4.78, 5) is 22.9. The zero-order valence-electron chi connectivity index (χ0n) is 14.5. The highest BCUT2D eigenvalue weighted by Crippen LogP contribution is 2.12. The van der Waals surface area contributed by atoms with Gasteiger partial charge in [-0.2, -0.15) is 0 Å². The first kappa shape index (κ1) is 22.9. The quantitative estimate of drug-likeness (QED) is 0.771. The van der Waals surface area contributed by atoms with Gasteiger partial charge in [0.15, 0.2) is 0 Å². The fourth-order valence-electron chi connectivity index (χ4n) is 2.59. The van der Waals surface area contributed by atoms with E-state index in [0.717, 1.165) is 51.6 Å². The number of piperazine rings is 1. The number of nitrogens with zero attached hydrogens (tertiary/aromatic N) is 4. The Labute approximate surface area is 157 Å². The van der Waals surface area contributed by atoms with Crippen molar-refractivity contribution in [3.63, 3.8) is 0 Å². The van der Waals surface area contributed by atoms with Crippen LogP contribution in [0.1, 0.15) is 6.42 Å². The summed E-state index contributed by atoms with van der Waals surface area (Å²) >= 11 is 0. The largest absolute Gasteiger partial charge is 0.354 e. The van der Waals surface area contributed by atoms with Gasteiger partial charge in [-0.15, -0.1) is 24.8 Å². The third kappa shape index (κ3) is 7.21. The van der Waals surface area contributed by atoms with Gasteiger partial charge in [0.05, 0.1) is 0 Å². The number of carbonyl (C=O) groups is 1. The van der Waals surface area contributed by atoms with Gasteiger partial charge < -0.3 is 15.1 Å². The average Bonchev–Trinajstić information content (AvgIpc) is 2.58. The molecule has 6 nitrogen and oxygen atoms in total. The molecule has 2 rings (SSSR count). The molecule has 8 heteroatoms. The Balaban J connectivity index is 0.00000264. The zero-order chi connectivity index (χ0) is 15.8. The number of nitrogens with one attached hydrogen (secondary N) is 1. The van der Waals surface area contributed by atoms with Crippen LogP contribution in [0.25, 0.3) is 0 Å². The van der Waals surface area contributed by atoms with Crippen LogP contribution in [-0.4, -0.2) is 80.6 Å². The molecule has 1 aromatic rings. The van der Waals surface area contributed by atoms with E-state index in [0.29, 0.717) is 6.42 Å². The molecular weight excluding hydrogens is 349 g/mol. The zero-order valence-corrected chi connectivity index (χ0v) is 16.1. The second kappa shape index (κ2) is 12.3. The highest BCUT2D eigenvalue weighted by Gasteiger charge is 2.18. The van der Waals surface area contributed by atoms with Crippen LogP contribution in [0.15, 0.2) is 24.4 Å². The SMILES string of the molecule is CNCCN(C)C(=O)CCN1CCN(c2ccccn2)CC1.Cl.Cl. The third-order valence-corrected chi connectivity index (χ3v) is 4.11. The van der Waals surface area contributed by atoms with Crippen molar-refractivity contribution in [2.24, 2.45) is 0 Å². The van der Waals surface area contributed by atoms with E-state index in [1.165, 1.54) is 0 Å². The van der Waals surface area contributed by atoms with Gasteiger partial charge in [-0.3, -0.25) is 9.69 Å². The number of pyridine rings is 1. The predicted octanol–water partition coefficient (Wildman–Crippen LogP) is 1.12. The minimum Gasteiger partial charge on any atom is -0.354 e. The minimum absolute atomic E-state index is 0. The molecule has 0 spiro atoms. The molecule has 0 radical (unpaired) electrons. The van der Waals surface area contributed by atoms with Crippen LogP contribution in [0, 0.1) is 0 Å². The normalized spacial score (nSPS) is 14.5. The van der Waals surface area contributed by atoms with Crippen LogP contribution in [-0.2, 0) is 4.79 Å². The number of likely N-dealkylation sites (N-methyl/N-ethyl adjacent to an activating group) is 2. The lowest BCUT2D eigenvalue weighted by atomic mass is 10.2.